The molecule has 2 N–H and O–H groups in total. The van der Waals surface area contributed by atoms with Gasteiger partial charge in [0.2, 0.25) is 5.95 Å². The molecule has 7 nitrogen and oxygen atoms in total. The molecule has 0 spiro atoms. The lowest BCUT2D eigenvalue weighted by Gasteiger charge is -2.29. The number of anilines is 2. The highest BCUT2D eigenvalue weighted by atomic mass is 19.1. The molecule has 0 atom stereocenters. The van der Waals surface area contributed by atoms with E-state index in [0.29, 0.717) is 37.2 Å². The summed E-state index contributed by atoms with van der Waals surface area (Å²) in [6.07, 6.45) is 4.78. The molecule has 1 aromatic carbocycles. The van der Waals surface area contributed by atoms with Crippen LogP contribution in [0.2, 0.25) is 0 Å². The molecule has 1 saturated carbocycles. The standard InChI is InChI=1S/C23H27FN4O3/c24-19-13-25-23(26-17-6-4-15(5-7-17)22(29)20-14-31-20)27-21(19)16-2-1-3-18(12-16)28-8-10-30-11-9-28/h1-3,12-13,15,17,29H,4-11,14H2,(H,25,26,27)/b22-20+. The molecule has 3 heterocycles. The van der Waals surface area contributed by atoms with Crippen molar-refractivity contribution < 1.29 is 19.0 Å². The number of hydrogen-bond acceptors (Lipinski definition) is 7. The van der Waals surface area contributed by atoms with E-state index in [1.165, 1.54) is 6.20 Å². The summed E-state index contributed by atoms with van der Waals surface area (Å²) in [4.78, 5) is 10.9. The first kappa shape index (κ1) is 20.1. The van der Waals surface area contributed by atoms with E-state index in [2.05, 4.69) is 20.2 Å². The van der Waals surface area contributed by atoms with Gasteiger partial charge < -0.3 is 24.8 Å². The highest BCUT2D eigenvalue weighted by Crippen LogP contribution is 2.34. The zero-order valence-corrected chi connectivity index (χ0v) is 17.4. The second kappa shape index (κ2) is 8.70. The zero-order valence-electron chi connectivity index (χ0n) is 17.4. The number of halogens is 1. The predicted molar refractivity (Wildman–Crippen MR) is 115 cm³/mol. The van der Waals surface area contributed by atoms with Crippen LogP contribution in [-0.4, -0.2) is 54.0 Å². The third kappa shape index (κ3) is 4.58. The second-order valence-corrected chi connectivity index (χ2v) is 8.33. The van der Waals surface area contributed by atoms with Crippen LogP contribution in [0.4, 0.5) is 16.0 Å². The van der Waals surface area contributed by atoms with Gasteiger partial charge in [-0.2, -0.15) is 0 Å². The van der Waals surface area contributed by atoms with Crippen LogP contribution < -0.4 is 10.2 Å². The quantitative estimate of drug-likeness (QED) is 0.554. The first-order valence-corrected chi connectivity index (χ1v) is 10.9. The Kier molecular flexibility index (Phi) is 5.63. The van der Waals surface area contributed by atoms with Crippen LogP contribution in [-0.2, 0) is 9.47 Å². The molecule has 0 unspecified atom stereocenters. The van der Waals surface area contributed by atoms with Crippen molar-refractivity contribution in [2.75, 3.05) is 43.1 Å². The number of aliphatic hydroxyl groups excluding tert-OH is 1. The van der Waals surface area contributed by atoms with Gasteiger partial charge in [-0.15, -0.1) is 0 Å². The largest absolute Gasteiger partial charge is 0.508 e. The number of nitrogens with one attached hydrogen (secondary N) is 1. The average molecular weight is 426 g/mol. The summed E-state index contributed by atoms with van der Waals surface area (Å²) in [6, 6.07) is 8.01. The summed E-state index contributed by atoms with van der Waals surface area (Å²) in [5.41, 5.74) is 2.08. The lowest BCUT2D eigenvalue weighted by molar-refractivity contribution is 0.122. The third-order valence-corrected chi connectivity index (χ3v) is 6.26. The Balaban J connectivity index is 1.28. The van der Waals surface area contributed by atoms with Crippen molar-refractivity contribution in [3.8, 4) is 11.3 Å². The lowest BCUT2D eigenvalue weighted by atomic mass is 9.84. The smallest absolute Gasteiger partial charge is 0.223 e. The Bertz CT molecular complexity index is 963. The number of aliphatic hydroxyl groups is 1. The number of hydrogen-bond donors (Lipinski definition) is 2. The van der Waals surface area contributed by atoms with E-state index < -0.39 is 5.82 Å². The molecule has 164 valence electrons. The molecule has 1 aromatic heterocycles. The Morgan fingerprint density at radius 3 is 2.68 bits per heavy atom. The Morgan fingerprint density at radius 2 is 1.94 bits per heavy atom. The molecule has 3 aliphatic rings. The summed E-state index contributed by atoms with van der Waals surface area (Å²) >= 11 is 0. The molecule has 0 radical (unpaired) electrons. The van der Waals surface area contributed by atoms with Crippen LogP contribution in [0.1, 0.15) is 25.7 Å². The van der Waals surface area contributed by atoms with Gasteiger partial charge >= 0.3 is 0 Å². The van der Waals surface area contributed by atoms with Crippen molar-refractivity contribution in [3.63, 3.8) is 0 Å². The first-order valence-electron chi connectivity index (χ1n) is 10.9. The number of nitrogens with zero attached hydrogens (tertiary/aromatic N) is 3. The van der Waals surface area contributed by atoms with Crippen LogP contribution in [0.25, 0.3) is 11.3 Å². The van der Waals surface area contributed by atoms with Gasteiger partial charge in [0, 0.05) is 36.3 Å². The maximum Gasteiger partial charge on any atom is 0.223 e. The number of aromatic nitrogens is 2. The topological polar surface area (TPSA) is 83.0 Å². The van der Waals surface area contributed by atoms with E-state index in [-0.39, 0.29) is 12.0 Å². The van der Waals surface area contributed by atoms with E-state index >= 15 is 0 Å². The Morgan fingerprint density at radius 1 is 1.16 bits per heavy atom. The number of benzene rings is 1. The minimum Gasteiger partial charge on any atom is -0.508 e. The molecular formula is C23H27FN4O3. The highest BCUT2D eigenvalue weighted by Gasteiger charge is 2.30. The van der Waals surface area contributed by atoms with Crippen LogP contribution >= 0.6 is 0 Å². The lowest BCUT2D eigenvalue weighted by Crippen LogP contribution is -2.36. The van der Waals surface area contributed by atoms with Gasteiger partial charge in [0.1, 0.15) is 18.1 Å². The van der Waals surface area contributed by atoms with E-state index in [1.54, 1.807) is 0 Å². The fourth-order valence-electron chi connectivity index (χ4n) is 4.42. The first-order chi connectivity index (χ1) is 15.2. The molecule has 0 bridgehead atoms. The molecule has 0 amide bonds. The molecule has 2 aromatic rings. The Labute approximate surface area is 180 Å². The van der Waals surface area contributed by atoms with Gasteiger partial charge in [0.05, 0.1) is 19.4 Å². The predicted octanol–water partition coefficient (Wildman–Crippen LogP) is 3.89. The van der Waals surface area contributed by atoms with Crippen LogP contribution in [0, 0.1) is 11.7 Å². The van der Waals surface area contributed by atoms with Crippen molar-refractivity contribution in [1.82, 2.24) is 9.97 Å². The molecule has 5 rings (SSSR count). The normalized spacial score (nSPS) is 25.0. The second-order valence-electron chi connectivity index (χ2n) is 8.33. The van der Waals surface area contributed by atoms with Crippen LogP contribution in [0.15, 0.2) is 42.0 Å². The van der Waals surface area contributed by atoms with Crippen molar-refractivity contribution in [1.29, 1.82) is 0 Å². The molecule has 8 heteroatoms. The fourth-order valence-corrected chi connectivity index (χ4v) is 4.42. The van der Waals surface area contributed by atoms with Crippen LogP contribution in [0.5, 0.6) is 0 Å². The summed E-state index contributed by atoms with van der Waals surface area (Å²) < 4.78 is 25.1. The minimum atomic E-state index is -0.436. The number of rotatable bonds is 5. The maximum absolute atomic E-state index is 14.6. The van der Waals surface area contributed by atoms with Gasteiger partial charge in [-0.05, 0) is 37.8 Å². The molecule has 2 saturated heterocycles. The summed E-state index contributed by atoms with van der Waals surface area (Å²) in [5.74, 6) is 1.32. The number of ether oxygens (including phenoxy) is 2. The molecule has 3 fully saturated rings. The third-order valence-electron chi connectivity index (χ3n) is 6.26. The SMILES string of the molecule is O/C(=C1\CO1)C1CCC(Nc2ncc(F)c(-c3cccc(N4CCOCC4)c3)n2)CC1. The van der Waals surface area contributed by atoms with Crippen molar-refractivity contribution in [2.24, 2.45) is 5.92 Å². The minimum absolute atomic E-state index is 0.170. The fraction of sp³-hybridized carbons (Fsp3) is 0.478. The molecule has 31 heavy (non-hydrogen) atoms. The average Bonchev–Trinajstić information content (AvgIpc) is 3.67. The van der Waals surface area contributed by atoms with E-state index in [4.69, 9.17) is 9.47 Å². The number of morpholine rings is 1. The van der Waals surface area contributed by atoms with E-state index in [0.717, 1.165) is 55.8 Å². The highest BCUT2D eigenvalue weighted by molar-refractivity contribution is 5.67. The number of epoxide rings is 1. The van der Waals surface area contributed by atoms with Gasteiger partial charge in [0.25, 0.3) is 0 Å². The Hall–Kier alpha value is -2.87. The molecule has 1 aliphatic carbocycles. The summed E-state index contributed by atoms with van der Waals surface area (Å²) in [7, 11) is 0. The van der Waals surface area contributed by atoms with Gasteiger partial charge in [0.15, 0.2) is 11.6 Å². The molecular weight excluding hydrogens is 399 g/mol. The van der Waals surface area contributed by atoms with Crippen LogP contribution in [0.3, 0.4) is 0 Å². The van der Waals surface area contributed by atoms with E-state index in [9.17, 15) is 9.50 Å². The summed E-state index contributed by atoms with van der Waals surface area (Å²) in [5, 5.41) is 13.5. The monoisotopic (exact) mass is 426 g/mol. The number of allylic oxidation sites excluding steroid dienone is 1. The maximum atomic E-state index is 14.6. The van der Waals surface area contributed by atoms with Crippen molar-refractivity contribution >= 4 is 11.6 Å². The van der Waals surface area contributed by atoms with Gasteiger partial charge in [-0.3, -0.25) is 0 Å². The van der Waals surface area contributed by atoms with Crippen molar-refractivity contribution in [3.05, 3.63) is 47.8 Å². The van der Waals surface area contributed by atoms with Crippen molar-refractivity contribution in [2.45, 2.75) is 31.7 Å². The van der Waals surface area contributed by atoms with Gasteiger partial charge in [-0.25, -0.2) is 14.4 Å². The van der Waals surface area contributed by atoms with Gasteiger partial charge in [-0.1, -0.05) is 12.1 Å². The van der Waals surface area contributed by atoms with E-state index in [1.807, 2.05) is 24.3 Å². The zero-order chi connectivity index (χ0) is 21.2. The summed E-state index contributed by atoms with van der Waals surface area (Å²) in [6.45, 7) is 3.60. The molecule has 2 aliphatic heterocycles.